The zero-order valence-corrected chi connectivity index (χ0v) is 27.7. The first-order valence-corrected chi connectivity index (χ1v) is 17.6. The molecule has 1 aromatic heterocycles. The summed E-state index contributed by atoms with van der Waals surface area (Å²) in [5, 5.41) is 14.6. The van der Waals surface area contributed by atoms with E-state index in [1.54, 1.807) is 0 Å². The van der Waals surface area contributed by atoms with Crippen molar-refractivity contribution in [3.8, 4) is 33.4 Å². The molecule has 236 valence electrons. The van der Waals surface area contributed by atoms with Gasteiger partial charge in [-0.2, -0.15) is 0 Å². The number of hydrogen-bond donors (Lipinski definition) is 0. The van der Waals surface area contributed by atoms with Crippen molar-refractivity contribution in [2.24, 2.45) is 0 Å². The Morgan fingerprint density at radius 3 is 1.55 bits per heavy atom. The summed E-state index contributed by atoms with van der Waals surface area (Å²) in [6, 6.07) is 66.2. The lowest BCUT2D eigenvalue weighted by Crippen LogP contribution is -1.92. The fourth-order valence-electron chi connectivity index (χ4n) is 8.68. The van der Waals surface area contributed by atoms with E-state index in [2.05, 4.69) is 182 Å². The molecule has 0 unspecified atom stereocenters. The average Bonchev–Trinajstić information content (AvgIpc) is 3.59. The molecule has 1 heterocycles. The molecule has 0 atom stereocenters. The van der Waals surface area contributed by atoms with Crippen molar-refractivity contribution < 1.29 is 4.42 Å². The first-order valence-electron chi connectivity index (χ1n) is 17.6. The van der Waals surface area contributed by atoms with Gasteiger partial charge in [-0.3, -0.25) is 0 Å². The Morgan fingerprint density at radius 2 is 0.824 bits per heavy atom. The topological polar surface area (TPSA) is 13.1 Å². The molecule has 0 amide bonds. The summed E-state index contributed by atoms with van der Waals surface area (Å²) in [6.45, 7) is 0. The molecule has 1 heteroatoms. The van der Waals surface area contributed by atoms with Crippen molar-refractivity contribution in [1.29, 1.82) is 0 Å². The molecule has 0 bridgehead atoms. The third-order valence-corrected chi connectivity index (χ3v) is 10.8. The van der Waals surface area contributed by atoms with Crippen LogP contribution in [0.4, 0.5) is 0 Å². The SMILES string of the molecule is c1ccc(-c2cc3c(oc4cccc(-c5c6ccccc6c(-c6cccc7c6ccc6ccccc67)c6ccccc56)c43)c3ccccc23)cc1. The molecular weight excluding hydrogens is 617 g/mol. The predicted octanol–water partition coefficient (Wildman–Crippen LogP) is 14.4. The normalized spacial score (nSPS) is 11.9. The van der Waals surface area contributed by atoms with E-state index in [0.29, 0.717) is 0 Å². The van der Waals surface area contributed by atoms with Crippen LogP contribution in [-0.4, -0.2) is 0 Å². The van der Waals surface area contributed by atoms with E-state index in [4.69, 9.17) is 4.42 Å². The summed E-state index contributed by atoms with van der Waals surface area (Å²) in [7, 11) is 0. The van der Waals surface area contributed by atoms with E-state index in [1.807, 2.05) is 0 Å². The second-order valence-corrected chi connectivity index (χ2v) is 13.5. The van der Waals surface area contributed by atoms with E-state index in [0.717, 1.165) is 27.3 Å². The Hall–Kier alpha value is -6.70. The zero-order valence-electron chi connectivity index (χ0n) is 27.7. The quantitative estimate of drug-likeness (QED) is 0.138. The van der Waals surface area contributed by atoms with Gasteiger partial charge in [0, 0.05) is 16.2 Å². The fraction of sp³-hybridized carbons (Fsp3) is 0. The molecule has 0 saturated carbocycles. The van der Waals surface area contributed by atoms with Crippen LogP contribution in [0, 0.1) is 0 Å². The highest BCUT2D eigenvalue weighted by molar-refractivity contribution is 6.29. The number of benzene rings is 10. The molecule has 0 aliphatic carbocycles. The Bertz CT molecular complexity index is 3130. The van der Waals surface area contributed by atoms with E-state index < -0.39 is 0 Å². The third kappa shape index (κ3) is 4.09. The molecular formula is C50H30O. The highest BCUT2D eigenvalue weighted by Crippen LogP contribution is 2.49. The lowest BCUT2D eigenvalue weighted by molar-refractivity contribution is 0.673. The number of furan rings is 1. The summed E-state index contributed by atoms with van der Waals surface area (Å²) >= 11 is 0. The van der Waals surface area contributed by atoms with Crippen molar-refractivity contribution in [1.82, 2.24) is 0 Å². The zero-order chi connectivity index (χ0) is 33.5. The van der Waals surface area contributed by atoms with E-state index >= 15 is 0 Å². The van der Waals surface area contributed by atoms with Crippen LogP contribution in [-0.2, 0) is 0 Å². The molecule has 0 saturated heterocycles. The smallest absolute Gasteiger partial charge is 0.143 e. The van der Waals surface area contributed by atoms with E-state index in [1.165, 1.54) is 81.9 Å². The maximum Gasteiger partial charge on any atom is 0.143 e. The lowest BCUT2D eigenvalue weighted by Gasteiger charge is -2.19. The summed E-state index contributed by atoms with van der Waals surface area (Å²) in [4.78, 5) is 0. The molecule has 51 heavy (non-hydrogen) atoms. The van der Waals surface area contributed by atoms with Crippen LogP contribution in [0.1, 0.15) is 0 Å². The van der Waals surface area contributed by atoms with E-state index in [9.17, 15) is 0 Å². The van der Waals surface area contributed by atoms with Crippen LogP contribution in [0.5, 0.6) is 0 Å². The van der Waals surface area contributed by atoms with Crippen LogP contribution in [0.15, 0.2) is 186 Å². The maximum atomic E-state index is 6.82. The first kappa shape index (κ1) is 28.2. The average molecular weight is 647 g/mol. The van der Waals surface area contributed by atoms with Crippen molar-refractivity contribution in [2.75, 3.05) is 0 Å². The summed E-state index contributed by atoms with van der Waals surface area (Å²) in [5.41, 5.74) is 9.18. The third-order valence-electron chi connectivity index (χ3n) is 10.8. The number of hydrogen-bond acceptors (Lipinski definition) is 1. The number of rotatable bonds is 3. The largest absolute Gasteiger partial charge is 0.455 e. The highest BCUT2D eigenvalue weighted by Gasteiger charge is 2.22. The van der Waals surface area contributed by atoms with Gasteiger partial charge in [0.05, 0.1) is 0 Å². The van der Waals surface area contributed by atoms with Crippen molar-refractivity contribution >= 4 is 75.8 Å². The minimum atomic E-state index is 0.899. The minimum Gasteiger partial charge on any atom is -0.455 e. The van der Waals surface area contributed by atoms with Gasteiger partial charge >= 0.3 is 0 Å². The molecule has 0 spiro atoms. The van der Waals surface area contributed by atoms with Gasteiger partial charge < -0.3 is 4.42 Å². The van der Waals surface area contributed by atoms with Gasteiger partial charge in [-0.25, -0.2) is 0 Å². The molecule has 10 aromatic carbocycles. The van der Waals surface area contributed by atoms with Gasteiger partial charge in [0.15, 0.2) is 0 Å². The van der Waals surface area contributed by atoms with Crippen LogP contribution in [0.25, 0.3) is 109 Å². The van der Waals surface area contributed by atoms with Crippen molar-refractivity contribution in [3.05, 3.63) is 182 Å². The van der Waals surface area contributed by atoms with Crippen LogP contribution in [0.3, 0.4) is 0 Å². The Balaban J connectivity index is 1.27. The van der Waals surface area contributed by atoms with Gasteiger partial charge in [0.1, 0.15) is 11.2 Å². The maximum absolute atomic E-state index is 6.82. The van der Waals surface area contributed by atoms with Gasteiger partial charge in [0.2, 0.25) is 0 Å². The molecule has 0 radical (unpaired) electrons. The molecule has 0 N–H and O–H groups in total. The Morgan fingerprint density at radius 1 is 0.294 bits per heavy atom. The standard InChI is InChI=1S/C50H30O/c1-2-14-31(15-3-1)44-30-45-49-43(26-13-27-46(49)51-50(45)42-23-11-6-18-35(42)44)48-40-21-9-7-19-38(40)47(39-20-8-10-22-41(39)48)37-25-12-24-34-33-17-5-4-16-32(33)28-29-36(34)37/h1-30H. The van der Waals surface area contributed by atoms with Crippen LogP contribution in [0.2, 0.25) is 0 Å². The lowest BCUT2D eigenvalue weighted by atomic mass is 9.83. The van der Waals surface area contributed by atoms with Crippen LogP contribution >= 0.6 is 0 Å². The highest BCUT2D eigenvalue weighted by atomic mass is 16.3. The Labute approximate surface area is 294 Å². The summed E-state index contributed by atoms with van der Waals surface area (Å²) < 4.78 is 6.82. The Kier molecular flexibility index (Phi) is 6.02. The molecule has 0 aliphatic rings. The monoisotopic (exact) mass is 646 g/mol. The van der Waals surface area contributed by atoms with Gasteiger partial charge in [-0.15, -0.1) is 0 Å². The van der Waals surface area contributed by atoms with E-state index in [-0.39, 0.29) is 0 Å². The summed E-state index contributed by atoms with van der Waals surface area (Å²) in [6.07, 6.45) is 0. The van der Waals surface area contributed by atoms with Gasteiger partial charge in [0.25, 0.3) is 0 Å². The molecule has 0 fully saturated rings. The van der Waals surface area contributed by atoms with Gasteiger partial charge in [-0.05, 0) is 94.0 Å². The molecule has 11 aromatic rings. The first-order chi connectivity index (χ1) is 25.3. The summed E-state index contributed by atoms with van der Waals surface area (Å²) in [5.74, 6) is 0. The second kappa shape index (κ2) is 10.9. The fourth-order valence-corrected chi connectivity index (χ4v) is 8.68. The predicted molar refractivity (Wildman–Crippen MR) is 218 cm³/mol. The van der Waals surface area contributed by atoms with Crippen molar-refractivity contribution in [2.45, 2.75) is 0 Å². The molecule has 0 aliphatic heterocycles. The molecule has 1 nitrogen and oxygen atoms in total. The van der Waals surface area contributed by atoms with Crippen molar-refractivity contribution in [3.63, 3.8) is 0 Å². The molecule has 11 rings (SSSR count). The second-order valence-electron chi connectivity index (χ2n) is 13.5. The number of fused-ring (bicyclic) bond motifs is 10. The van der Waals surface area contributed by atoms with Gasteiger partial charge in [-0.1, -0.05) is 170 Å². The van der Waals surface area contributed by atoms with Crippen LogP contribution < -0.4 is 0 Å². The minimum absolute atomic E-state index is 0.899.